The van der Waals surface area contributed by atoms with Crippen molar-refractivity contribution >= 4 is 45.2 Å². The van der Waals surface area contributed by atoms with Crippen molar-refractivity contribution < 1.29 is 26.8 Å². The molecule has 300 valence electrons. The van der Waals surface area contributed by atoms with E-state index in [9.17, 15) is 26.8 Å². The third-order valence-corrected chi connectivity index (χ3v) is 14.7. The van der Waals surface area contributed by atoms with Gasteiger partial charge in [0.2, 0.25) is 0 Å². The summed E-state index contributed by atoms with van der Waals surface area (Å²) < 4.78 is 56.2. The highest BCUT2D eigenvalue weighted by Crippen LogP contribution is 2.51. The minimum absolute atomic E-state index is 0.00135. The van der Waals surface area contributed by atoms with Crippen LogP contribution in [0.25, 0.3) is 23.5 Å². The molecule has 0 unspecified atom stereocenters. The van der Waals surface area contributed by atoms with Crippen molar-refractivity contribution in [1.29, 1.82) is 0 Å². The van der Waals surface area contributed by atoms with Gasteiger partial charge in [0.1, 0.15) is 23.2 Å². The lowest BCUT2D eigenvalue weighted by atomic mass is 9.60. The van der Waals surface area contributed by atoms with Crippen LogP contribution in [0.2, 0.25) is 5.02 Å². The average molecular weight is 824 g/mol. The van der Waals surface area contributed by atoms with Crippen molar-refractivity contribution in [1.82, 2.24) is 19.6 Å². The number of hydrogen-bond donors (Lipinski definition) is 1. The predicted octanol–water partition coefficient (Wildman–Crippen LogP) is 8.49. The van der Waals surface area contributed by atoms with Crippen molar-refractivity contribution in [3.63, 3.8) is 0 Å². The molecule has 0 aliphatic heterocycles. The Morgan fingerprint density at radius 3 is 1.69 bits per heavy atom. The monoisotopic (exact) mass is 823 g/mol. The summed E-state index contributed by atoms with van der Waals surface area (Å²) in [4.78, 5) is 25.7. The van der Waals surface area contributed by atoms with Crippen LogP contribution in [0, 0.1) is 28.4 Å². The Labute approximate surface area is 341 Å². The molecule has 2 fully saturated rings. The van der Waals surface area contributed by atoms with E-state index in [1.165, 1.54) is 36.4 Å². The van der Waals surface area contributed by atoms with Crippen LogP contribution in [0.3, 0.4) is 0 Å². The van der Waals surface area contributed by atoms with Gasteiger partial charge in [-0.1, -0.05) is 22.7 Å². The molecular formula is C45H44ClF2N5O4S. The number of nitrogens with zero attached hydrogens (tertiary/aromatic N) is 4. The number of hydrogen-bond acceptors (Lipinski definition) is 7. The van der Waals surface area contributed by atoms with Crippen LogP contribution in [0.4, 0.5) is 8.78 Å². The first-order valence-corrected chi connectivity index (χ1v) is 21.5. The topological polar surface area (TPSA) is 130 Å². The Balaban J connectivity index is 0.000000172. The van der Waals surface area contributed by atoms with Gasteiger partial charge in [0.15, 0.2) is 9.84 Å². The average Bonchev–Trinajstić information content (AvgIpc) is 3.80. The lowest BCUT2D eigenvalue weighted by molar-refractivity contribution is -0.126. The number of rotatable bonds is 7. The second-order valence-electron chi connectivity index (χ2n) is 16.2. The molecule has 0 radical (unpaired) electrons. The van der Waals surface area contributed by atoms with Gasteiger partial charge < -0.3 is 5.73 Å². The molecule has 2 saturated carbocycles. The largest absolute Gasteiger partial charge is 0.328 e. The number of ketones is 2. The van der Waals surface area contributed by atoms with Crippen molar-refractivity contribution in [2.24, 2.45) is 22.5 Å². The molecule has 0 spiro atoms. The summed E-state index contributed by atoms with van der Waals surface area (Å²) in [5.41, 5.74) is 12.6. The summed E-state index contributed by atoms with van der Waals surface area (Å²) in [5.74, 6) is -0.480. The fraction of sp³-hybridized carbons (Fsp3) is 0.333. The zero-order valence-corrected chi connectivity index (χ0v) is 33.9. The van der Waals surface area contributed by atoms with E-state index in [-0.39, 0.29) is 45.8 Å². The first-order chi connectivity index (χ1) is 27.7. The van der Waals surface area contributed by atoms with Gasteiger partial charge >= 0.3 is 0 Å². The number of halogens is 3. The maximum absolute atomic E-state index is 13.4. The van der Waals surface area contributed by atoms with Gasteiger partial charge in [-0.2, -0.15) is 10.2 Å². The summed E-state index contributed by atoms with van der Waals surface area (Å²) in [5, 5.41) is 9.46. The maximum Gasteiger partial charge on any atom is 0.178 e. The molecule has 13 heteroatoms. The van der Waals surface area contributed by atoms with Crippen LogP contribution >= 0.6 is 11.6 Å². The van der Waals surface area contributed by atoms with E-state index >= 15 is 0 Å². The molecular weight excluding hydrogens is 780 g/mol. The maximum atomic E-state index is 13.4. The first kappa shape index (κ1) is 39.8. The summed E-state index contributed by atoms with van der Waals surface area (Å²) in [6.45, 7) is 3.26. The van der Waals surface area contributed by atoms with E-state index in [0.29, 0.717) is 43.5 Å². The first-order valence-electron chi connectivity index (χ1n) is 19.5. The van der Waals surface area contributed by atoms with Gasteiger partial charge in [-0.3, -0.25) is 9.59 Å². The number of Topliss-reactive ketones (excluding diaryl/α,β-unsaturated/α-hetero) is 2. The molecule has 4 aliphatic carbocycles. The lowest BCUT2D eigenvalue weighted by Crippen LogP contribution is -2.45. The molecule has 4 atom stereocenters. The number of aromatic nitrogens is 4. The van der Waals surface area contributed by atoms with Crippen LogP contribution < -0.4 is 5.73 Å². The molecule has 2 N–H and O–H groups in total. The molecule has 2 heterocycles. The zero-order valence-electron chi connectivity index (χ0n) is 32.3. The second kappa shape index (κ2) is 15.3. The van der Waals surface area contributed by atoms with Crippen LogP contribution in [-0.2, 0) is 32.3 Å². The van der Waals surface area contributed by atoms with Crippen molar-refractivity contribution in [2.75, 3.05) is 5.75 Å². The molecule has 0 bridgehead atoms. The van der Waals surface area contributed by atoms with Crippen molar-refractivity contribution in [3.05, 3.63) is 136 Å². The van der Waals surface area contributed by atoms with Crippen LogP contribution in [0.1, 0.15) is 74.9 Å². The van der Waals surface area contributed by atoms with Crippen molar-refractivity contribution in [2.45, 2.75) is 76.2 Å². The predicted molar refractivity (Wildman–Crippen MR) is 219 cm³/mol. The van der Waals surface area contributed by atoms with E-state index in [4.69, 9.17) is 17.3 Å². The number of fused-ring (bicyclic) bond motifs is 4. The van der Waals surface area contributed by atoms with Gasteiger partial charge in [0, 0.05) is 11.1 Å². The molecule has 5 aromatic rings. The number of benzene rings is 3. The van der Waals surface area contributed by atoms with Crippen LogP contribution in [0.15, 0.2) is 101 Å². The minimum atomic E-state index is -3.50. The minimum Gasteiger partial charge on any atom is -0.328 e. The molecule has 58 heavy (non-hydrogen) atoms. The molecule has 0 amide bonds. The standard InChI is InChI=1S/C26H24ClFN2O3S.C19H20FN3O/c1-17(31)26-13-18(16-34(32,33)24-10-4-21(27)5-11-24)2-3-20(26)12-25-19(14-26)15-29-30(25)23-8-6-22(28)7-9-23;1-12(24)19-9-13-11-22-23(17-6-3-15(20)4-7-17)18(13)8-14(19)2-5-16(21)10-19/h4-12,15,18H,2-3,13-14,16H2,1H3;3-4,6-8,11,16H,2,5,9-10,21H2,1H3/t18-,26-;16-,19+/m00/s1. The highest BCUT2D eigenvalue weighted by molar-refractivity contribution is 7.91. The fourth-order valence-electron chi connectivity index (χ4n) is 9.48. The number of allylic oxidation sites excluding steroid dienone is 2. The number of carbonyl (C=O) groups excluding carboxylic acids is 2. The van der Waals surface area contributed by atoms with Crippen molar-refractivity contribution in [3.8, 4) is 11.4 Å². The summed E-state index contributed by atoms with van der Waals surface area (Å²) in [6, 6.07) is 18.7. The summed E-state index contributed by atoms with van der Waals surface area (Å²) in [7, 11) is -3.50. The van der Waals surface area contributed by atoms with Crippen LogP contribution in [-0.4, -0.2) is 51.3 Å². The van der Waals surface area contributed by atoms with E-state index in [1.54, 1.807) is 61.1 Å². The molecule has 4 aliphatic rings. The fourth-order valence-corrected chi connectivity index (χ4v) is 11.3. The Morgan fingerprint density at radius 1 is 0.741 bits per heavy atom. The van der Waals surface area contributed by atoms with E-state index in [1.807, 2.05) is 17.0 Å². The van der Waals surface area contributed by atoms with E-state index in [2.05, 4.69) is 16.3 Å². The molecule has 3 aromatic carbocycles. The van der Waals surface area contributed by atoms with E-state index in [0.717, 1.165) is 57.9 Å². The number of nitrogens with two attached hydrogens (primary N) is 1. The summed E-state index contributed by atoms with van der Waals surface area (Å²) >= 11 is 5.91. The normalized spacial score (nSPS) is 23.5. The van der Waals surface area contributed by atoms with Gasteiger partial charge in [-0.05, 0) is 167 Å². The highest BCUT2D eigenvalue weighted by atomic mass is 35.5. The lowest BCUT2D eigenvalue weighted by Gasteiger charge is -2.43. The molecule has 2 aromatic heterocycles. The molecule has 0 saturated heterocycles. The Bertz CT molecular complexity index is 2580. The highest BCUT2D eigenvalue weighted by Gasteiger charge is 2.48. The quantitative estimate of drug-likeness (QED) is 0.174. The van der Waals surface area contributed by atoms with Gasteiger partial charge in [-0.15, -0.1) is 0 Å². The SMILES string of the molecule is CC(=O)[C@]12Cc3cnn(-c4ccc(F)cc4)c3C=C1CC[C@H](CS(=O)(=O)c1ccc(Cl)cc1)C2.CC(=O)[C@]12Cc3cnn(-c4ccc(F)cc4)c3C=C1CC[C@H](N)C2. The third kappa shape index (κ3) is 7.30. The zero-order chi connectivity index (χ0) is 41.0. The van der Waals surface area contributed by atoms with Gasteiger partial charge in [0.05, 0.1) is 56.6 Å². The third-order valence-electron chi connectivity index (χ3n) is 12.6. The van der Waals surface area contributed by atoms with E-state index < -0.39 is 20.7 Å². The molecule has 9 rings (SSSR count). The van der Waals surface area contributed by atoms with Gasteiger partial charge in [-0.25, -0.2) is 26.6 Å². The Hall–Kier alpha value is -5.04. The van der Waals surface area contributed by atoms with Crippen LogP contribution in [0.5, 0.6) is 0 Å². The second-order valence-corrected chi connectivity index (χ2v) is 18.7. The Kier molecular flexibility index (Phi) is 10.5. The number of carbonyl (C=O) groups is 2. The Morgan fingerprint density at radius 2 is 1.21 bits per heavy atom. The number of sulfone groups is 1. The van der Waals surface area contributed by atoms with Gasteiger partial charge in [0.25, 0.3) is 0 Å². The summed E-state index contributed by atoms with van der Waals surface area (Å²) in [6.07, 6.45) is 13.1. The molecule has 9 nitrogen and oxygen atoms in total. The smallest absolute Gasteiger partial charge is 0.178 e.